The highest BCUT2D eigenvalue weighted by atomic mass is 32.1. The average Bonchev–Trinajstić information content (AvgIpc) is 2.45. The van der Waals surface area contributed by atoms with Crippen LogP contribution in [0.25, 0.3) is 109 Å². The van der Waals surface area contributed by atoms with Crippen molar-refractivity contribution in [3.63, 3.8) is 0 Å². The molecule has 0 aliphatic rings. The number of para-hydroxylation sites is 4. The average molecular weight is 1090 g/mol. The van der Waals surface area contributed by atoms with Gasteiger partial charge in [-0.1, -0.05) is 237 Å². The van der Waals surface area contributed by atoms with E-state index in [-0.39, 0.29) is 5.92 Å². The van der Waals surface area contributed by atoms with Crippen LogP contribution >= 0.6 is 11.3 Å². The molecule has 396 valence electrons. The predicted molar refractivity (Wildman–Crippen MR) is 357 cm³/mol. The molecule has 0 radical (unpaired) electrons. The Labute approximate surface area is 492 Å². The Hall–Kier alpha value is -10.5. The molecule has 3 aromatic heterocycles. The molecule has 0 N–H and O–H groups in total. The molecule has 4 heteroatoms. The van der Waals surface area contributed by atoms with Gasteiger partial charge < -0.3 is 14.0 Å². The number of fused-ring (bicyclic) bond motifs is 10. The molecular weight excluding hydrogens is 1030 g/mol. The summed E-state index contributed by atoms with van der Waals surface area (Å²) in [6.07, 6.45) is 0.809. The van der Waals surface area contributed by atoms with Crippen molar-refractivity contribution < 1.29 is 0 Å². The first kappa shape index (κ1) is 49.3. The molecule has 84 heavy (non-hydrogen) atoms. The first-order valence-corrected chi connectivity index (χ1v) is 29.8. The van der Waals surface area contributed by atoms with Crippen LogP contribution in [0.15, 0.2) is 315 Å². The smallest absolute Gasteiger partial charge is 0.0719 e. The zero-order chi connectivity index (χ0) is 55.5. The number of aromatic nitrogens is 2. The van der Waals surface area contributed by atoms with Gasteiger partial charge in [0.1, 0.15) is 0 Å². The molecule has 16 aromatic rings. The zero-order valence-corrected chi connectivity index (χ0v) is 46.9. The highest BCUT2D eigenvalue weighted by Gasteiger charge is 2.26. The quantitative estimate of drug-likeness (QED) is 0.119. The fourth-order valence-electron chi connectivity index (χ4n) is 13.3. The van der Waals surface area contributed by atoms with Crippen LogP contribution in [-0.4, -0.2) is 9.13 Å². The highest BCUT2D eigenvalue weighted by molar-refractivity contribution is 7.26. The normalized spacial score (nSPS) is 12.0. The second kappa shape index (κ2) is 20.8. The van der Waals surface area contributed by atoms with Gasteiger partial charge in [0.05, 0.1) is 32.5 Å². The Kier molecular flexibility index (Phi) is 12.2. The van der Waals surface area contributed by atoms with Gasteiger partial charge in [0, 0.05) is 71.2 Å². The van der Waals surface area contributed by atoms with Gasteiger partial charge in [0.25, 0.3) is 0 Å². The van der Waals surface area contributed by atoms with Gasteiger partial charge in [0.2, 0.25) is 0 Å². The molecule has 3 heterocycles. The molecule has 0 saturated heterocycles. The maximum absolute atomic E-state index is 2.50. The molecule has 13 aromatic carbocycles. The monoisotopic (exact) mass is 1090 g/mol. The summed E-state index contributed by atoms with van der Waals surface area (Å²) in [5.74, 6) is -0.0168. The summed E-state index contributed by atoms with van der Waals surface area (Å²) in [5, 5.41) is 7.53. The largest absolute Gasteiger partial charge is 0.310 e. The minimum Gasteiger partial charge on any atom is -0.310 e. The van der Waals surface area contributed by atoms with Gasteiger partial charge in [-0.25, -0.2) is 0 Å². The molecule has 0 amide bonds. The van der Waals surface area contributed by atoms with E-state index in [1.54, 1.807) is 0 Å². The predicted octanol–water partition coefficient (Wildman–Crippen LogP) is 22.1. The number of rotatable bonds is 12. The summed E-state index contributed by atoms with van der Waals surface area (Å²) in [6, 6.07) is 116. The standard InChI is InChI=1S/C80H55N3S/c1-6-24-54(25-7-1)48-73(57-42-44-68-67-37-19-22-40-75(67)82(76(68)52-57)63-50-58(55-26-8-2-9-27-55)49-59(51-63)56-28-10-3-11-29-56)65-35-17-16-34-64(65)66-36-18-21-39-74(66)81(60-30-12-4-13-31-60)62-43-45-69-71-46-47-72-70-38-20-23-41-78(70)84-80(72)79(71)83(77(69)53-62)61-32-14-5-15-33-61/h1-47,49-53,73H,48H2. The minimum atomic E-state index is -0.0168. The fraction of sp³-hybridized carbons (Fsp3) is 0.0250. The molecule has 0 saturated carbocycles. The first-order valence-electron chi connectivity index (χ1n) is 29.0. The van der Waals surface area contributed by atoms with E-state index in [9.17, 15) is 0 Å². The Bertz CT molecular complexity index is 5040. The molecule has 0 aliphatic carbocycles. The van der Waals surface area contributed by atoms with Crippen LogP contribution in [0.3, 0.4) is 0 Å². The molecule has 0 aliphatic heterocycles. The SMILES string of the molecule is c1ccc(CC(c2ccc3c4ccccc4n(-c4cc(-c5ccccc5)cc(-c5ccccc5)c4)c3c2)c2ccccc2-c2ccccc2N(c2ccccc2)c2ccc3c4ccc5c6ccccc6sc5c4n(-c4ccccc4)c3c2)cc1. The first-order chi connectivity index (χ1) is 41.7. The van der Waals surface area contributed by atoms with E-state index in [1.807, 2.05) is 11.3 Å². The van der Waals surface area contributed by atoms with E-state index < -0.39 is 0 Å². The Morgan fingerprint density at radius 3 is 1.63 bits per heavy atom. The van der Waals surface area contributed by atoms with Crippen molar-refractivity contribution in [3.05, 3.63) is 332 Å². The maximum Gasteiger partial charge on any atom is 0.0719 e. The summed E-state index contributed by atoms with van der Waals surface area (Å²) in [6.45, 7) is 0. The number of anilines is 3. The van der Waals surface area contributed by atoms with Crippen LogP contribution in [0.1, 0.15) is 22.6 Å². The van der Waals surface area contributed by atoms with Crippen LogP contribution < -0.4 is 4.90 Å². The lowest BCUT2D eigenvalue weighted by atomic mass is 9.81. The van der Waals surface area contributed by atoms with E-state index in [0.717, 1.165) is 45.9 Å². The molecule has 1 unspecified atom stereocenters. The lowest BCUT2D eigenvalue weighted by molar-refractivity contribution is 0.808. The second-order valence-corrected chi connectivity index (χ2v) is 23.0. The Morgan fingerprint density at radius 2 is 0.881 bits per heavy atom. The third-order valence-corrected chi connectivity index (χ3v) is 18.3. The van der Waals surface area contributed by atoms with Gasteiger partial charge >= 0.3 is 0 Å². The number of hydrogen-bond donors (Lipinski definition) is 0. The van der Waals surface area contributed by atoms with Gasteiger partial charge in [0.15, 0.2) is 0 Å². The zero-order valence-electron chi connectivity index (χ0n) is 46.1. The van der Waals surface area contributed by atoms with Crippen molar-refractivity contribution in [3.8, 4) is 44.8 Å². The lowest BCUT2D eigenvalue weighted by Crippen LogP contribution is -2.12. The lowest BCUT2D eigenvalue weighted by Gasteiger charge is -2.29. The van der Waals surface area contributed by atoms with E-state index in [4.69, 9.17) is 0 Å². The van der Waals surface area contributed by atoms with E-state index in [0.29, 0.717) is 0 Å². The van der Waals surface area contributed by atoms with Crippen LogP contribution in [0, 0.1) is 0 Å². The summed E-state index contributed by atoms with van der Waals surface area (Å²) >= 11 is 1.89. The maximum atomic E-state index is 2.50. The topological polar surface area (TPSA) is 13.1 Å². The Morgan fingerprint density at radius 1 is 0.333 bits per heavy atom. The third-order valence-electron chi connectivity index (χ3n) is 17.1. The van der Waals surface area contributed by atoms with Gasteiger partial charge in [-0.15, -0.1) is 11.3 Å². The summed E-state index contributed by atoms with van der Waals surface area (Å²) < 4.78 is 7.61. The third kappa shape index (κ3) is 8.49. The number of thiophene rings is 1. The fourth-order valence-corrected chi connectivity index (χ4v) is 14.5. The van der Waals surface area contributed by atoms with Crippen molar-refractivity contribution in [2.75, 3.05) is 4.90 Å². The van der Waals surface area contributed by atoms with Crippen molar-refractivity contribution in [1.82, 2.24) is 9.13 Å². The molecule has 3 nitrogen and oxygen atoms in total. The van der Waals surface area contributed by atoms with Crippen molar-refractivity contribution in [2.24, 2.45) is 0 Å². The Balaban J connectivity index is 0.891. The molecule has 1 atom stereocenters. The molecule has 0 spiro atoms. The van der Waals surface area contributed by atoms with E-state index in [2.05, 4.69) is 329 Å². The minimum absolute atomic E-state index is 0.0168. The number of benzene rings is 13. The molecular formula is C80H55N3S. The number of nitrogens with zero attached hydrogens (tertiary/aromatic N) is 3. The van der Waals surface area contributed by atoms with Crippen molar-refractivity contribution in [1.29, 1.82) is 0 Å². The summed E-state index contributed by atoms with van der Waals surface area (Å²) in [5.41, 5.74) is 21.2. The summed E-state index contributed by atoms with van der Waals surface area (Å²) in [4.78, 5) is 2.47. The van der Waals surface area contributed by atoms with E-state index >= 15 is 0 Å². The second-order valence-electron chi connectivity index (χ2n) is 22.0. The van der Waals surface area contributed by atoms with Crippen LogP contribution in [0.4, 0.5) is 17.1 Å². The molecule has 0 fully saturated rings. The van der Waals surface area contributed by atoms with Gasteiger partial charge in [-0.2, -0.15) is 0 Å². The van der Waals surface area contributed by atoms with Crippen LogP contribution in [-0.2, 0) is 6.42 Å². The highest BCUT2D eigenvalue weighted by Crippen LogP contribution is 2.48. The van der Waals surface area contributed by atoms with Gasteiger partial charge in [-0.3, -0.25) is 0 Å². The summed E-state index contributed by atoms with van der Waals surface area (Å²) in [7, 11) is 0. The van der Waals surface area contributed by atoms with Crippen LogP contribution in [0.5, 0.6) is 0 Å². The van der Waals surface area contributed by atoms with E-state index in [1.165, 1.54) is 103 Å². The molecule has 0 bridgehead atoms. The van der Waals surface area contributed by atoms with Gasteiger partial charge in [-0.05, 0) is 130 Å². The van der Waals surface area contributed by atoms with Crippen molar-refractivity contribution >= 4 is 92.2 Å². The number of hydrogen-bond acceptors (Lipinski definition) is 2. The van der Waals surface area contributed by atoms with Crippen LogP contribution in [0.2, 0.25) is 0 Å². The molecule has 16 rings (SSSR count). The van der Waals surface area contributed by atoms with Crippen molar-refractivity contribution in [2.45, 2.75) is 12.3 Å².